The van der Waals surface area contributed by atoms with E-state index in [0.29, 0.717) is 6.54 Å². The summed E-state index contributed by atoms with van der Waals surface area (Å²) in [4.78, 5) is 0. The molecule has 1 atom stereocenters. The second-order valence-corrected chi connectivity index (χ2v) is 5.80. The summed E-state index contributed by atoms with van der Waals surface area (Å²) in [6.07, 6.45) is 0.383. The Morgan fingerprint density at radius 3 is 2.68 bits per heavy atom. The van der Waals surface area contributed by atoms with Crippen LogP contribution in [0.2, 0.25) is 5.02 Å². The van der Waals surface area contributed by atoms with E-state index in [1.165, 1.54) is 5.56 Å². The van der Waals surface area contributed by atoms with Crippen molar-refractivity contribution in [1.29, 1.82) is 0 Å². The maximum atomic E-state index is 9.91. The summed E-state index contributed by atoms with van der Waals surface area (Å²) in [7, 11) is 0. The third-order valence-corrected chi connectivity index (χ3v) is 3.57. The fourth-order valence-corrected chi connectivity index (χ4v) is 2.23. The molecule has 0 amide bonds. The zero-order chi connectivity index (χ0) is 15.8. The van der Waals surface area contributed by atoms with E-state index in [0.717, 1.165) is 29.3 Å². The van der Waals surface area contributed by atoms with Crippen LogP contribution >= 0.6 is 11.6 Å². The molecule has 2 rings (SSSR count). The Morgan fingerprint density at radius 2 is 1.95 bits per heavy atom. The molecule has 0 spiro atoms. The maximum Gasteiger partial charge on any atom is 0.119 e. The molecule has 2 N–H and O–H groups in total. The molecule has 0 heterocycles. The van der Waals surface area contributed by atoms with Crippen molar-refractivity contribution < 1.29 is 9.84 Å². The molecule has 0 aliphatic heterocycles. The van der Waals surface area contributed by atoms with E-state index in [9.17, 15) is 5.11 Å². The molecule has 22 heavy (non-hydrogen) atoms. The van der Waals surface area contributed by atoms with Crippen LogP contribution in [-0.2, 0) is 6.42 Å². The first-order chi connectivity index (χ1) is 10.6. The molecule has 3 nitrogen and oxygen atoms in total. The van der Waals surface area contributed by atoms with Crippen molar-refractivity contribution in [2.75, 3.05) is 19.7 Å². The molecule has 0 fully saturated rings. The highest BCUT2D eigenvalue weighted by molar-refractivity contribution is 6.30. The van der Waals surface area contributed by atoms with Gasteiger partial charge in [0.2, 0.25) is 0 Å². The number of rotatable bonds is 8. The highest BCUT2D eigenvalue weighted by Gasteiger charge is 2.05. The average Bonchev–Trinajstić information content (AvgIpc) is 2.51. The summed E-state index contributed by atoms with van der Waals surface area (Å²) >= 11 is 5.85. The highest BCUT2D eigenvalue weighted by atomic mass is 35.5. The van der Waals surface area contributed by atoms with Gasteiger partial charge in [-0.25, -0.2) is 0 Å². The van der Waals surface area contributed by atoms with Crippen molar-refractivity contribution >= 4 is 11.6 Å². The lowest BCUT2D eigenvalue weighted by Crippen LogP contribution is -2.32. The number of benzene rings is 2. The Hall–Kier alpha value is -1.55. The first-order valence-electron chi connectivity index (χ1n) is 7.46. The van der Waals surface area contributed by atoms with Crippen LogP contribution in [0.25, 0.3) is 0 Å². The smallest absolute Gasteiger partial charge is 0.119 e. The minimum atomic E-state index is -0.522. The third-order valence-electron chi connectivity index (χ3n) is 3.32. The fraction of sp³-hybridized carbons (Fsp3) is 0.333. The molecule has 0 aromatic heterocycles. The van der Waals surface area contributed by atoms with Gasteiger partial charge in [-0.15, -0.1) is 0 Å². The van der Waals surface area contributed by atoms with Gasteiger partial charge in [0, 0.05) is 11.6 Å². The van der Waals surface area contributed by atoms with Crippen LogP contribution in [0.15, 0.2) is 48.5 Å². The lowest BCUT2D eigenvalue weighted by atomic mass is 10.1. The quantitative estimate of drug-likeness (QED) is 0.734. The summed E-state index contributed by atoms with van der Waals surface area (Å²) in [5.41, 5.74) is 2.37. The van der Waals surface area contributed by atoms with Gasteiger partial charge in [-0.2, -0.15) is 0 Å². The maximum absolute atomic E-state index is 9.91. The van der Waals surface area contributed by atoms with E-state index in [-0.39, 0.29) is 6.61 Å². The van der Waals surface area contributed by atoms with Crippen LogP contribution < -0.4 is 10.1 Å². The van der Waals surface area contributed by atoms with E-state index in [2.05, 4.69) is 5.32 Å². The minimum Gasteiger partial charge on any atom is -0.491 e. The molecular weight excluding hydrogens is 298 g/mol. The molecule has 0 aliphatic rings. The number of hydrogen-bond donors (Lipinski definition) is 2. The molecule has 0 unspecified atom stereocenters. The zero-order valence-corrected chi connectivity index (χ0v) is 13.5. The van der Waals surface area contributed by atoms with Crippen molar-refractivity contribution in [3.05, 3.63) is 64.7 Å². The van der Waals surface area contributed by atoms with E-state index >= 15 is 0 Å². The van der Waals surface area contributed by atoms with Crippen molar-refractivity contribution in [1.82, 2.24) is 5.32 Å². The number of nitrogens with one attached hydrogen (secondary N) is 1. The number of aryl methyl sites for hydroxylation is 1. The monoisotopic (exact) mass is 319 g/mol. The van der Waals surface area contributed by atoms with Gasteiger partial charge in [0.15, 0.2) is 0 Å². The minimum absolute atomic E-state index is 0.289. The van der Waals surface area contributed by atoms with E-state index in [1.54, 1.807) is 0 Å². The summed E-state index contributed by atoms with van der Waals surface area (Å²) in [6, 6.07) is 15.6. The molecule has 0 aliphatic carbocycles. The lowest BCUT2D eigenvalue weighted by molar-refractivity contribution is 0.106. The van der Waals surface area contributed by atoms with Gasteiger partial charge in [0.1, 0.15) is 18.5 Å². The van der Waals surface area contributed by atoms with Gasteiger partial charge >= 0.3 is 0 Å². The summed E-state index contributed by atoms with van der Waals surface area (Å²) in [5, 5.41) is 13.9. The summed E-state index contributed by atoms with van der Waals surface area (Å²) < 4.78 is 5.57. The Morgan fingerprint density at radius 1 is 1.18 bits per heavy atom. The van der Waals surface area contributed by atoms with Crippen LogP contribution in [0.3, 0.4) is 0 Å². The van der Waals surface area contributed by atoms with Crippen LogP contribution in [0.4, 0.5) is 0 Å². The van der Waals surface area contributed by atoms with E-state index in [1.807, 2.05) is 55.5 Å². The number of aliphatic hydroxyl groups excluding tert-OH is 1. The predicted molar refractivity (Wildman–Crippen MR) is 90.7 cm³/mol. The van der Waals surface area contributed by atoms with E-state index < -0.39 is 6.10 Å². The third kappa shape index (κ3) is 6.06. The van der Waals surface area contributed by atoms with Gasteiger partial charge in [-0.3, -0.25) is 0 Å². The largest absolute Gasteiger partial charge is 0.491 e. The first kappa shape index (κ1) is 16.8. The molecule has 0 bridgehead atoms. The lowest BCUT2D eigenvalue weighted by Gasteiger charge is -2.13. The van der Waals surface area contributed by atoms with Crippen molar-refractivity contribution in [3.8, 4) is 5.75 Å². The summed E-state index contributed by atoms with van der Waals surface area (Å²) in [6.45, 7) is 3.63. The molecule has 2 aromatic carbocycles. The zero-order valence-electron chi connectivity index (χ0n) is 12.8. The van der Waals surface area contributed by atoms with Crippen LogP contribution in [-0.4, -0.2) is 30.9 Å². The van der Waals surface area contributed by atoms with Crippen LogP contribution in [0.5, 0.6) is 5.75 Å². The first-order valence-corrected chi connectivity index (χ1v) is 7.84. The van der Waals surface area contributed by atoms with Gasteiger partial charge in [0.25, 0.3) is 0 Å². The second-order valence-electron chi connectivity index (χ2n) is 5.36. The Balaban J connectivity index is 1.61. The van der Waals surface area contributed by atoms with Crippen LogP contribution in [0.1, 0.15) is 11.1 Å². The predicted octanol–water partition coefficient (Wildman–Crippen LogP) is 3.22. The van der Waals surface area contributed by atoms with E-state index in [4.69, 9.17) is 16.3 Å². The van der Waals surface area contributed by atoms with Crippen molar-refractivity contribution in [3.63, 3.8) is 0 Å². The Labute approximate surface area is 136 Å². The van der Waals surface area contributed by atoms with Gasteiger partial charge < -0.3 is 15.2 Å². The standard InChI is InChI=1S/C18H22ClNO2/c1-14-3-2-4-18(11-14)22-13-17(21)12-20-10-9-15-5-7-16(19)8-6-15/h2-8,11,17,20-21H,9-10,12-13H2,1H3/t17-/m0/s1. The number of ether oxygens (including phenoxy) is 1. The van der Waals surface area contributed by atoms with Gasteiger partial charge in [-0.1, -0.05) is 35.9 Å². The molecule has 0 saturated carbocycles. The molecule has 2 aromatic rings. The highest BCUT2D eigenvalue weighted by Crippen LogP contribution is 2.12. The average molecular weight is 320 g/mol. The molecule has 4 heteroatoms. The number of aliphatic hydroxyl groups is 1. The Kier molecular flexibility index (Phi) is 6.72. The fourth-order valence-electron chi connectivity index (χ4n) is 2.11. The summed E-state index contributed by atoms with van der Waals surface area (Å²) in [5.74, 6) is 0.792. The topological polar surface area (TPSA) is 41.5 Å². The molecule has 0 saturated heterocycles. The number of halogens is 1. The number of hydrogen-bond acceptors (Lipinski definition) is 3. The van der Waals surface area contributed by atoms with Gasteiger partial charge in [-0.05, 0) is 55.3 Å². The SMILES string of the molecule is Cc1cccc(OC[C@@H](O)CNCCc2ccc(Cl)cc2)c1. The van der Waals surface area contributed by atoms with Crippen LogP contribution in [0, 0.1) is 6.92 Å². The molecule has 0 radical (unpaired) electrons. The normalized spacial score (nSPS) is 12.1. The van der Waals surface area contributed by atoms with Crippen molar-refractivity contribution in [2.45, 2.75) is 19.4 Å². The van der Waals surface area contributed by atoms with Gasteiger partial charge in [0.05, 0.1) is 0 Å². The Bertz CT molecular complexity index is 572. The van der Waals surface area contributed by atoms with Crippen molar-refractivity contribution in [2.24, 2.45) is 0 Å². The second kappa shape index (κ2) is 8.79. The molecule has 118 valence electrons. The molecular formula is C18H22ClNO2.